The molecule has 1 aromatic rings. The van der Waals surface area contributed by atoms with Crippen molar-refractivity contribution >= 4 is 5.91 Å². The van der Waals surface area contributed by atoms with E-state index >= 15 is 0 Å². The Morgan fingerprint density at radius 3 is 2.90 bits per heavy atom. The third-order valence-corrected chi connectivity index (χ3v) is 4.44. The third kappa shape index (κ3) is 2.87. The molecule has 3 rings (SSSR count). The summed E-state index contributed by atoms with van der Waals surface area (Å²) in [5.74, 6) is 1.02. The molecule has 1 saturated carbocycles. The van der Waals surface area contributed by atoms with Crippen LogP contribution < -0.4 is 5.32 Å². The fourth-order valence-corrected chi connectivity index (χ4v) is 3.36. The molecule has 20 heavy (non-hydrogen) atoms. The van der Waals surface area contributed by atoms with Gasteiger partial charge in [0.1, 0.15) is 0 Å². The molecule has 2 fully saturated rings. The summed E-state index contributed by atoms with van der Waals surface area (Å²) in [7, 11) is 0. The molecule has 0 aromatic carbocycles. The van der Waals surface area contributed by atoms with E-state index in [9.17, 15) is 4.79 Å². The molecule has 1 unspecified atom stereocenters. The number of likely N-dealkylation sites (tertiary alicyclic amines) is 1. The van der Waals surface area contributed by atoms with E-state index < -0.39 is 0 Å². The van der Waals surface area contributed by atoms with Gasteiger partial charge in [-0.15, -0.1) is 0 Å². The molecule has 1 amide bonds. The maximum Gasteiger partial charge on any atom is 0.237 e. The molecule has 1 N–H and O–H groups in total. The largest absolute Gasteiger partial charge is 0.359 e. The molecule has 1 aromatic heterocycles. The van der Waals surface area contributed by atoms with E-state index in [1.807, 2.05) is 17.9 Å². The van der Waals surface area contributed by atoms with Gasteiger partial charge < -0.3 is 14.7 Å². The number of rotatable bonds is 4. The first-order valence-electron chi connectivity index (χ1n) is 7.70. The predicted octanol–water partition coefficient (Wildman–Crippen LogP) is 2.18. The van der Waals surface area contributed by atoms with Gasteiger partial charge in [-0.05, 0) is 32.6 Å². The Morgan fingerprint density at radius 2 is 2.20 bits per heavy atom. The normalized spacial score (nSPS) is 23.6. The van der Waals surface area contributed by atoms with Crippen molar-refractivity contribution in [2.45, 2.75) is 57.5 Å². The summed E-state index contributed by atoms with van der Waals surface area (Å²) in [5, 5.41) is 7.33. The summed E-state index contributed by atoms with van der Waals surface area (Å²) in [4.78, 5) is 14.3. The second kappa shape index (κ2) is 5.95. The van der Waals surface area contributed by atoms with Crippen LogP contribution in [-0.4, -0.2) is 35.1 Å². The fraction of sp³-hybridized carbons (Fsp3) is 0.733. The molecule has 2 heterocycles. The highest BCUT2D eigenvalue weighted by Gasteiger charge is 2.32. The molecule has 110 valence electrons. The lowest BCUT2D eigenvalue weighted by molar-refractivity contribution is -0.131. The number of amides is 1. The molecular formula is C15H23N3O2. The minimum atomic E-state index is 0.0779. The topological polar surface area (TPSA) is 58.4 Å². The second-order valence-electron chi connectivity index (χ2n) is 5.98. The summed E-state index contributed by atoms with van der Waals surface area (Å²) >= 11 is 0. The Kier molecular flexibility index (Phi) is 4.05. The number of aryl methyl sites for hydroxylation is 1. The average molecular weight is 277 g/mol. The minimum absolute atomic E-state index is 0.0779. The van der Waals surface area contributed by atoms with Gasteiger partial charge in [-0.25, -0.2) is 0 Å². The lowest BCUT2D eigenvalue weighted by atomic mass is 10.1. The van der Waals surface area contributed by atoms with Crippen molar-refractivity contribution in [3.8, 4) is 0 Å². The van der Waals surface area contributed by atoms with Crippen LogP contribution in [0.5, 0.6) is 0 Å². The zero-order chi connectivity index (χ0) is 13.9. The van der Waals surface area contributed by atoms with E-state index in [2.05, 4.69) is 10.5 Å². The zero-order valence-corrected chi connectivity index (χ0v) is 12.1. The van der Waals surface area contributed by atoms with Gasteiger partial charge in [0.15, 0.2) is 5.76 Å². The Bertz CT molecular complexity index is 465. The van der Waals surface area contributed by atoms with E-state index in [1.165, 1.54) is 25.7 Å². The molecule has 1 atom stereocenters. The number of hydrogen-bond acceptors (Lipinski definition) is 4. The van der Waals surface area contributed by atoms with E-state index in [1.54, 1.807) is 0 Å². The summed E-state index contributed by atoms with van der Waals surface area (Å²) in [6, 6.07) is 2.56. The number of carbonyl (C=O) groups excluding carboxylic acids is 1. The molecule has 5 heteroatoms. The maximum absolute atomic E-state index is 12.4. The van der Waals surface area contributed by atoms with Gasteiger partial charge in [0.25, 0.3) is 0 Å². The average Bonchev–Trinajstić information content (AvgIpc) is 3.16. The van der Waals surface area contributed by atoms with Gasteiger partial charge in [-0.3, -0.25) is 4.79 Å². The molecule has 0 bridgehead atoms. The zero-order valence-electron chi connectivity index (χ0n) is 12.1. The predicted molar refractivity (Wildman–Crippen MR) is 75.2 cm³/mol. The highest BCUT2D eigenvalue weighted by Crippen LogP contribution is 2.32. The lowest BCUT2D eigenvalue weighted by Crippen LogP contribution is -2.40. The van der Waals surface area contributed by atoms with E-state index in [0.717, 1.165) is 30.8 Å². The van der Waals surface area contributed by atoms with E-state index in [0.29, 0.717) is 12.6 Å². The van der Waals surface area contributed by atoms with Crippen molar-refractivity contribution in [2.24, 2.45) is 0 Å². The molecule has 1 saturated heterocycles. The van der Waals surface area contributed by atoms with Gasteiger partial charge in [-0.1, -0.05) is 18.0 Å². The first-order chi connectivity index (χ1) is 9.74. The SMILES string of the molecule is Cc1cc(C2CCCN2C(=O)CNC2CCCC2)on1. The van der Waals surface area contributed by atoms with Crippen LogP contribution in [0.2, 0.25) is 0 Å². The van der Waals surface area contributed by atoms with E-state index in [4.69, 9.17) is 4.52 Å². The molecule has 2 aliphatic rings. The van der Waals surface area contributed by atoms with Crippen LogP contribution in [0, 0.1) is 6.92 Å². The molecular weight excluding hydrogens is 254 g/mol. The highest BCUT2D eigenvalue weighted by atomic mass is 16.5. The molecule has 5 nitrogen and oxygen atoms in total. The number of nitrogens with one attached hydrogen (secondary N) is 1. The van der Waals surface area contributed by atoms with Crippen LogP contribution in [0.1, 0.15) is 56.0 Å². The highest BCUT2D eigenvalue weighted by molar-refractivity contribution is 5.79. The molecule has 1 aliphatic heterocycles. The van der Waals surface area contributed by atoms with Crippen molar-refractivity contribution < 1.29 is 9.32 Å². The van der Waals surface area contributed by atoms with Gasteiger partial charge in [0, 0.05) is 18.7 Å². The van der Waals surface area contributed by atoms with Crippen molar-refractivity contribution in [1.29, 1.82) is 0 Å². The summed E-state index contributed by atoms with van der Waals surface area (Å²) in [6.07, 6.45) is 7.00. The van der Waals surface area contributed by atoms with Gasteiger partial charge in [-0.2, -0.15) is 0 Å². The second-order valence-corrected chi connectivity index (χ2v) is 5.98. The molecule has 0 radical (unpaired) electrons. The van der Waals surface area contributed by atoms with Gasteiger partial charge >= 0.3 is 0 Å². The summed E-state index contributed by atoms with van der Waals surface area (Å²) in [5.41, 5.74) is 0.878. The van der Waals surface area contributed by atoms with Crippen LogP contribution in [0.25, 0.3) is 0 Å². The fourth-order valence-electron chi connectivity index (χ4n) is 3.36. The molecule has 1 aliphatic carbocycles. The van der Waals surface area contributed by atoms with Crippen LogP contribution in [0.3, 0.4) is 0 Å². The summed E-state index contributed by atoms with van der Waals surface area (Å²) < 4.78 is 5.34. The van der Waals surface area contributed by atoms with Crippen molar-refractivity contribution in [2.75, 3.05) is 13.1 Å². The van der Waals surface area contributed by atoms with Crippen molar-refractivity contribution in [3.63, 3.8) is 0 Å². The number of nitrogens with zero attached hydrogens (tertiary/aromatic N) is 2. The summed E-state index contributed by atoms with van der Waals surface area (Å²) in [6.45, 7) is 3.19. The smallest absolute Gasteiger partial charge is 0.237 e. The van der Waals surface area contributed by atoms with Gasteiger partial charge in [0.05, 0.1) is 18.3 Å². The van der Waals surface area contributed by atoms with Crippen molar-refractivity contribution in [1.82, 2.24) is 15.4 Å². The van der Waals surface area contributed by atoms with Crippen LogP contribution in [-0.2, 0) is 4.79 Å². The lowest BCUT2D eigenvalue weighted by Gasteiger charge is -2.23. The maximum atomic E-state index is 12.4. The number of hydrogen-bond donors (Lipinski definition) is 1. The van der Waals surface area contributed by atoms with Crippen molar-refractivity contribution in [3.05, 3.63) is 17.5 Å². The van der Waals surface area contributed by atoms with Gasteiger partial charge in [0.2, 0.25) is 5.91 Å². The number of carbonyl (C=O) groups is 1. The van der Waals surface area contributed by atoms with Crippen LogP contribution in [0.4, 0.5) is 0 Å². The third-order valence-electron chi connectivity index (χ3n) is 4.44. The number of aromatic nitrogens is 1. The Balaban J connectivity index is 1.58. The van der Waals surface area contributed by atoms with E-state index in [-0.39, 0.29) is 11.9 Å². The van der Waals surface area contributed by atoms with Crippen LogP contribution in [0.15, 0.2) is 10.6 Å². The standard InChI is InChI=1S/C15H23N3O2/c1-11-9-14(20-17-11)13-7-4-8-18(13)15(19)10-16-12-5-2-3-6-12/h9,12-13,16H,2-8,10H2,1H3. The first-order valence-corrected chi connectivity index (χ1v) is 7.70. The Morgan fingerprint density at radius 1 is 1.40 bits per heavy atom. The Labute approximate surface area is 119 Å². The monoisotopic (exact) mass is 277 g/mol. The minimum Gasteiger partial charge on any atom is -0.359 e. The first kappa shape index (κ1) is 13.6. The Hall–Kier alpha value is -1.36. The quantitative estimate of drug-likeness (QED) is 0.916. The molecule has 0 spiro atoms. The van der Waals surface area contributed by atoms with Crippen LogP contribution >= 0.6 is 0 Å².